The quantitative estimate of drug-likeness (QED) is 0.0377. The number of carbonyl (C=O) groups excluding carboxylic acids is 8. The van der Waals surface area contributed by atoms with Crippen molar-refractivity contribution in [1.29, 1.82) is 0 Å². The second-order valence-corrected chi connectivity index (χ2v) is 19.3. The van der Waals surface area contributed by atoms with Crippen molar-refractivity contribution < 1.29 is 58.5 Å². The molecule has 0 aromatic heterocycles. The Labute approximate surface area is 416 Å². The number of phenols is 1. The second kappa shape index (κ2) is 30.7. The van der Waals surface area contributed by atoms with Crippen LogP contribution in [-0.2, 0) is 49.6 Å². The first-order valence-corrected chi connectivity index (χ1v) is 24.7. The summed E-state index contributed by atoms with van der Waals surface area (Å²) in [7, 11) is 0. The average Bonchev–Trinajstić information content (AvgIpc) is 3.79. The van der Waals surface area contributed by atoms with E-state index in [1.165, 1.54) is 37.8 Å². The molecule has 0 unspecified atom stereocenters. The van der Waals surface area contributed by atoms with Gasteiger partial charge in [0.15, 0.2) is 0 Å². The summed E-state index contributed by atoms with van der Waals surface area (Å²) in [6.07, 6.45) is 1.29. The summed E-state index contributed by atoms with van der Waals surface area (Å²) in [5.74, 6) is -7.40. The Kier molecular flexibility index (Phi) is 26.5. The topological polar surface area (TPSA) is 380 Å². The van der Waals surface area contributed by atoms with Gasteiger partial charge in [-0.15, -0.1) is 0 Å². The van der Waals surface area contributed by atoms with Crippen molar-refractivity contribution in [2.45, 2.75) is 180 Å². The molecule has 0 bridgehead atoms. The van der Waals surface area contributed by atoms with Crippen LogP contribution in [0.3, 0.4) is 0 Å². The van der Waals surface area contributed by atoms with Gasteiger partial charge < -0.3 is 74.6 Å². The first-order valence-electron chi connectivity index (χ1n) is 24.7. The van der Waals surface area contributed by atoms with Crippen molar-refractivity contribution in [3.05, 3.63) is 29.8 Å². The van der Waals surface area contributed by atoms with Crippen LogP contribution in [0.4, 0.5) is 0 Å². The summed E-state index contributed by atoms with van der Waals surface area (Å²) in [4.78, 5) is 123. The Morgan fingerprint density at radius 2 is 1.11 bits per heavy atom. The molecule has 1 aromatic carbocycles. The Bertz CT molecular complexity index is 1930. The first kappa shape index (κ1) is 61.2. The molecule has 0 saturated carbocycles. The van der Waals surface area contributed by atoms with Crippen LogP contribution >= 0.6 is 0 Å². The summed E-state index contributed by atoms with van der Waals surface area (Å²) in [6, 6.07) is -5.03. The smallest absolute Gasteiger partial charge is 0.326 e. The molecule has 0 radical (unpaired) electrons. The van der Waals surface area contributed by atoms with Crippen LogP contribution in [0.5, 0.6) is 5.75 Å². The molecule has 2 rings (SSSR count). The lowest BCUT2D eigenvalue weighted by Gasteiger charge is -2.31. The van der Waals surface area contributed by atoms with Gasteiger partial charge in [-0.25, -0.2) is 4.79 Å². The lowest BCUT2D eigenvalue weighted by molar-refractivity contribution is -0.143. The van der Waals surface area contributed by atoms with Gasteiger partial charge in [0.25, 0.3) is 0 Å². The van der Waals surface area contributed by atoms with Crippen LogP contribution in [0.1, 0.15) is 118 Å². The Morgan fingerprint density at radius 1 is 0.620 bits per heavy atom. The maximum atomic E-state index is 14.7. The Hall–Kier alpha value is -5.91. The van der Waals surface area contributed by atoms with Crippen LogP contribution in [0.2, 0.25) is 0 Å². The first-order chi connectivity index (χ1) is 33.4. The minimum absolute atomic E-state index is 0.0267. The molecule has 1 fully saturated rings. The van der Waals surface area contributed by atoms with Gasteiger partial charge in [0, 0.05) is 13.0 Å². The van der Waals surface area contributed by atoms with Gasteiger partial charge in [-0.2, -0.15) is 0 Å². The monoisotopic (exact) mass is 1000 g/mol. The van der Waals surface area contributed by atoms with Crippen LogP contribution in [0.25, 0.3) is 0 Å². The molecular weight excluding hydrogens is 923 g/mol. The van der Waals surface area contributed by atoms with Gasteiger partial charge in [0.2, 0.25) is 47.3 Å². The molecule has 1 saturated heterocycles. The normalized spacial score (nSPS) is 17.3. The van der Waals surface area contributed by atoms with E-state index in [1.807, 2.05) is 27.7 Å². The summed E-state index contributed by atoms with van der Waals surface area (Å²) in [6.45, 7) is 12.1. The molecule has 71 heavy (non-hydrogen) atoms. The van der Waals surface area contributed by atoms with Gasteiger partial charge in [0.1, 0.15) is 54.1 Å². The molecule has 0 spiro atoms. The lowest BCUT2D eigenvalue weighted by atomic mass is 9.99. The molecule has 0 aliphatic carbocycles. The molecule has 400 valence electrons. The number of hydrogen-bond acceptors (Lipinski definition) is 14. The average molecular weight is 1000 g/mol. The number of amides is 8. The number of aliphatic carboxylic acids is 1. The Morgan fingerprint density at radius 3 is 1.62 bits per heavy atom. The largest absolute Gasteiger partial charge is 0.508 e. The number of carbonyl (C=O) groups is 9. The van der Waals surface area contributed by atoms with Crippen molar-refractivity contribution in [2.24, 2.45) is 29.0 Å². The number of benzene rings is 1. The number of aliphatic hydroxyl groups is 1. The number of nitrogens with two attached hydrogens (primary N) is 3. The molecular formula is C48H81N11O12. The third-order valence-corrected chi connectivity index (χ3v) is 11.9. The van der Waals surface area contributed by atoms with Crippen LogP contribution in [-0.4, -0.2) is 154 Å². The molecule has 16 N–H and O–H groups in total. The minimum Gasteiger partial charge on any atom is -0.508 e. The molecule has 1 aliphatic rings. The standard InChI is InChI=1S/C48H81N11O12/c1-26(2)23-35(43(65)54-34(48(70)71)14-9-11-21-50)55-44(66)36(24-27(3)4)56-45(67)38-15-12-22-59(38)47(69)37(25-31-16-18-32(61)19-17-31)57-42(64)33(13-8-10-20-49)53-46(68)39(30(7)60)58-41(63)29(6)52-40(62)28(5)51/h16-19,26-30,33-39,60-61H,8-15,20-25,49-51H2,1-7H3,(H,52,62)(H,53,68)(H,54,65)(H,55,66)(H,56,67)(H,57,64)(H,58,63)(H,70,71)/t28-,29-,30+,33-,34-,35-,36-,37-,38-,39-/m0/s1. The summed E-state index contributed by atoms with van der Waals surface area (Å²) < 4.78 is 0. The SMILES string of the molecule is CC(C)C[C@H](NC(=O)[C@H](CC(C)C)NC(=O)[C@@H]1CCCN1C(=O)[C@H](Cc1ccc(O)cc1)NC(=O)[C@H](CCCCN)NC(=O)[C@@H](NC(=O)[C@H](C)NC(=O)[C@H](C)N)[C@@H](C)O)C(=O)N[C@@H](CCCCN)C(=O)O. The number of unbranched alkanes of at least 4 members (excludes halogenated alkanes) is 2. The predicted molar refractivity (Wildman–Crippen MR) is 263 cm³/mol. The van der Waals surface area contributed by atoms with Gasteiger partial charge in [-0.05, 0) is 128 Å². The van der Waals surface area contributed by atoms with E-state index in [1.54, 1.807) is 12.1 Å². The van der Waals surface area contributed by atoms with E-state index in [0.717, 1.165) is 0 Å². The van der Waals surface area contributed by atoms with E-state index in [4.69, 9.17) is 17.2 Å². The number of likely N-dealkylation sites (tertiary alicyclic amines) is 1. The van der Waals surface area contributed by atoms with Crippen molar-refractivity contribution >= 4 is 53.2 Å². The number of nitrogens with one attached hydrogen (secondary N) is 7. The molecule has 1 aromatic rings. The summed E-state index contributed by atoms with van der Waals surface area (Å²) >= 11 is 0. The van der Waals surface area contributed by atoms with E-state index in [-0.39, 0.29) is 69.2 Å². The fourth-order valence-corrected chi connectivity index (χ4v) is 7.93. The zero-order valence-electron chi connectivity index (χ0n) is 42.3. The predicted octanol–water partition coefficient (Wildman–Crippen LogP) is -1.50. The highest BCUT2D eigenvalue weighted by Crippen LogP contribution is 2.22. The van der Waals surface area contributed by atoms with E-state index in [0.29, 0.717) is 44.2 Å². The number of aliphatic hydroxyl groups excluding tert-OH is 1. The highest BCUT2D eigenvalue weighted by Gasteiger charge is 2.41. The third-order valence-electron chi connectivity index (χ3n) is 11.9. The second-order valence-electron chi connectivity index (χ2n) is 19.3. The number of phenolic OH excluding ortho intramolecular Hbond substituents is 1. The molecule has 23 heteroatoms. The van der Waals surface area contributed by atoms with E-state index in [2.05, 4.69) is 37.2 Å². The van der Waals surface area contributed by atoms with Crippen molar-refractivity contribution in [3.63, 3.8) is 0 Å². The van der Waals surface area contributed by atoms with E-state index < -0.39 is 114 Å². The van der Waals surface area contributed by atoms with Crippen LogP contribution in [0, 0.1) is 11.8 Å². The lowest BCUT2D eigenvalue weighted by Crippen LogP contribution is -2.61. The highest BCUT2D eigenvalue weighted by atomic mass is 16.4. The van der Waals surface area contributed by atoms with E-state index >= 15 is 0 Å². The number of nitrogens with zero attached hydrogens (tertiary/aromatic N) is 1. The number of carboxylic acids is 1. The molecule has 10 atom stereocenters. The van der Waals surface area contributed by atoms with Gasteiger partial charge in [0.05, 0.1) is 12.1 Å². The molecule has 1 heterocycles. The number of aromatic hydroxyl groups is 1. The Balaban J connectivity index is 2.43. The van der Waals surface area contributed by atoms with Crippen LogP contribution < -0.4 is 54.4 Å². The summed E-state index contributed by atoms with van der Waals surface area (Å²) in [5, 5.41) is 48.6. The van der Waals surface area contributed by atoms with E-state index in [9.17, 15) is 58.5 Å². The van der Waals surface area contributed by atoms with Gasteiger partial charge in [-0.1, -0.05) is 39.8 Å². The minimum atomic E-state index is -1.58. The number of carboxylic acid groups (broad SMARTS) is 1. The van der Waals surface area contributed by atoms with Gasteiger partial charge >= 0.3 is 5.97 Å². The number of rotatable bonds is 31. The maximum Gasteiger partial charge on any atom is 0.326 e. The number of hydrogen-bond donors (Lipinski definition) is 13. The zero-order chi connectivity index (χ0) is 53.5. The zero-order valence-corrected chi connectivity index (χ0v) is 42.3. The third kappa shape index (κ3) is 21.1. The van der Waals surface area contributed by atoms with Crippen LogP contribution in [0.15, 0.2) is 24.3 Å². The van der Waals surface area contributed by atoms with Gasteiger partial charge in [-0.3, -0.25) is 38.4 Å². The summed E-state index contributed by atoms with van der Waals surface area (Å²) in [5.41, 5.74) is 17.4. The molecule has 8 amide bonds. The molecule has 23 nitrogen and oxygen atoms in total. The fourth-order valence-electron chi connectivity index (χ4n) is 7.93. The fraction of sp³-hybridized carbons (Fsp3) is 0.688. The van der Waals surface area contributed by atoms with Crippen molar-refractivity contribution in [1.82, 2.24) is 42.1 Å². The van der Waals surface area contributed by atoms with Crippen molar-refractivity contribution in [3.8, 4) is 5.75 Å². The van der Waals surface area contributed by atoms with Crippen molar-refractivity contribution in [2.75, 3.05) is 19.6 Å². The maximum absolute atomic E-state index is 14.7. The highest BCUT2D eigenvalue weighted by molar-refractivity contribution is 5.98. The molecule has 1 aliphatic heterocycles.